The van der Waals surface area contributed by atoms with Crippen molar-refractivity contribution in [3.05, 3.63) is 59.7 Å². The number of amides is 2. The van der Waals surface area contributed by atoms with Crippen LogP contribution >= 0.6 is 0 Å². The van der Waals surface area contributed by atoms with Crippen molar-refractivity contribution in [3.63, 3.8) is 0 Å². The van der Waals surface area contributed by atoms with Crippen molar-refractivity contribution in [1.82, 2.24) is 10.3 Å². The molecule has 2 aromatic carbocycles. The van der Waals surface area contributed by atoms with Gasteiger partial charge in [-0.1, -0.05) is 12.1 Å². The second-order valence-electron chi connectivity index (χ2n) is 6.23. The number of hydrogen-bond acceptors (Lipinski definition) is 6. The summed E-state index contributed by atoms with van der Waals surface area (Å²) in [4.78, 5) is 24.9. The van der Waals surface area contributed by atoms with E-state index in [0.717, 1.165) is 5.56 Å². The van der Waals surface area contributed by atoms with E-state index >= 15 is 0 Å². The molecule has 0 saturated carbocycles. The number of likely N-dealkylation sites (N-methyl/N-ethyl adjacent to an activating group) is 1. The van der Waals surface area contributed by atoms with Crippen molar-refractivity contribution >= 4 is 17.5 Å². The Labute approximate surface area is 169 Å². The van der Waals surface area contributed by atoms with Gasteiger partial charge in [-0.15, -0.1) is 0 Å². The topological polar surface area (TPSA) is 104 Å². The van der Waals surface area contributed by atoms with Crippen LogP contribution in [-0.2, 0) is 9.59 Å². The first-order valence-electron chi connectivity index (χ1n) is 8.79. The van der Waals surface area contributed by atoms with E-state index in [4.69, 9.17) is 14.7 Å². The first-order valence-corrected chi connectivity index (χ1v) is 8.79. The van der Waals surface area contributed by atoms with Gasteiger partial charge in [0.1, 0.15) is 17.6 Å². The fourth-order valence-electron chi connectivity index (χ4n) is 2.14. The quantitative estimate of drug-likeness (QED) is 0.544. The van der Waals surface area contributed by atoms with Gasteiger partial charge in [0.2, 0.25) is 0 Å². The lowest BCUT2D eigenvalue weighted by Gasteiger charge is -2.11. The Hall–Kier alpha value is -3.86. The summed E-state index contributed by atoms with van der Waals surface area (Å²) >= 11 is 0. The largest absolute Gasteiger partial charge is 0.484 e. The molecule has 0 aliphatic heterocycles. The number of nitrogens with zero attached hydrogens (tertiary/aromatic N) is 3. The number of carbonyl (C=O) groups is 2. The molecule has 2 aromatic rings. The third kappa shape index (κ3) is 6.66. The fraction of sp³-hybridized carbons (Fsp3) is 0.238. The Bertz CT molecular complexity index is 930. The third-order valence-corrected chi connectivity index (χ3v) is 3.85. The lowest BCUT2D eigenvalue weighted by molar-refractivity contribution is -0.130. The molecule has 0 spiro atoms. The summed E-state index contributed by atoms with van der Waals surface area (Å²) in [7, 11) is 3.33. The van der Waals surface area contributed by atoms with E-state index in [9.17, 15) is 9.59 Å². The highest BCUT2D eigenvalue weighted by Gasteiger charge is 2.07. The highest BCUT2D eigenvalue weighted by molar-refractivity contribution is 5.99. The Balaban J connectivity index is 1.86. The minimum Gasteiger partial charge on any atom is -0.484 e. The molecule has 8 heteroatoms. The van der Waals surface area contributed by atoms with Crippen LogP contribution in [0.4, 0.5) is 0 Å². The van der Waals surface area contributed by atoms with Gasteiger partial charge >= 0.3 is 0 Å². The van der Waals surface area contributed by atoms with Gasteiger partial charge in [-0.3, -0.25) is 9.59 Å². The molecule has 0 radical (unpaired) electrons. The monoisotopic (exact) mass is 394 g/mol. The van der Waals surface area contributed by atoms with Gasteiger partial charge < -0.3 is 14.4 Å². The van der Waals surface area contributed by atoms with E-state index in [2.05, 4.69) is 10.5 Å². The van der Waals surface area contributed by atoms with E-state index in [1.54, 1.807) is 69.6 Å². The van der Waals surface area contributed by atoms with Crippen molar-refractivity contribution in [2.75, 3.05) is 27.3 Å². The molecular formula is C21H22N4O4. The number of para-hydroxylation sites is 1. The van der Waals surface area contributed by atoms with Gasteiger partial charge in [0.25, 0.3) is 11.8 Å². The Morgan fingerprint density at radius 3 is 2.41 bits per heavy atom. The third-order valence-electron chi connectivity index (χ3n) is 3.85. The van der Waals surface area contributed by atoms with Crippen LogP contribution < -0.4 is 14.9 Å². The second kappa shape index (κ2) is 10.5. The van der Waals surface area contributed by atoms with Crippen LogP contribution in [0.25, 0.3) is 0 Å². The van der Waals surface area contributed by atoms with E-state index in [1.165, 1.54) is 4.90 Å². The Morgan fingerprint density at radius 2 is 1.76 bits per heavy atom. The normalized spacial score (nSPS) is 10.6. The molecule has 29 heavy (non-hydrogen) atoms. The number of hydrazone groups is 1. The van der Waals surface area contributed by atoms with Gasteiger partial charge in [0.05, 0.1) is 11.3 Å². The summed E-state index contributed by atoms with van der Waals surface area (Å²) in [6, 6.07) is 15.7. The molecule has 8 nitrogen and oxygen atoms in total. The first kappa shape index (κ1) is 21.4. The first-order chi connectivity index (χ1) is 13.9. The number of hydrogen-bond donors (Lipinski definition) is 1. The zero-order chi connectivity index (χ0) is 21.2. The molecule has 0 heterocycles. The molecule has 0 atom stereocenters. The molecule has 0 fully saturated rings. The fourth-order valence-corrected chi connectivity index (χ4v) is 2.14. The highest BCUT2D eigenvalue weighted by Crippen LogP contribution is 2.16. The van der Waals surface area contributed by atoms with E-state index in [0.29, 0.717) is 22.8 Å². The van der Waals surface area contributed by atoms with Crippen LogP contribution in [0.5, 0.6) is 11.5 Å². The molecule has 0 saturated heterocycles. The molecule has 0 unspecified atom stereocenters. The van der Waals surface area contributed by atoms with Crippen molar-refractivity contribution in [3.8, 4) is 17.6 Å². The molecule has 0 bridgehead atoms. The van der Waals surface area contributed by atoms with E-state index in [-0.39, 0.29) is 19.1 Å². The summed E-state index contributed by atoms with van der Waals surface area (Å²) in [5.41, 5.74) is 4.15. The lowest BCUT2D eigenvalue weighted by Crippen LogP contribution is -2.27. The minimum absolute atomic E-state index is 0.0373. The number of nitrogens with one attached hydrogen (secondary N) is 1. The summed E-state index contributed by atoms with van der Waals surface area (Å²) in [5, 5.41) is 13.1. The van der Waals surface area contributed by atoms with Crippen molar-refractivity contribution in [1.29, 1.82) is 5.26 Å². The number of nitriles is 1. The molecule has 2 amide bonds. The maximum atomic E-state index is 11.9. The number of ether oxygens (including phenoxy) is 2. The maximum absolute atomic E-state index is 11.9. The van der Waals surface area contributed by atoms with Gasteiger partial charge in [-0.2, -0.15) is 10.4 Å². The summed E-state index contributed by atoms with van der Waals surface area (Å²) in [5.74, 6) is 0.327. The predicted octanol–water partition coefficient (Wildman–Crippen LogP) is 1.94. The summed E-state index contributed by atoms with van der Waals surface area (Å²) < 4.78 is 10.8. The summed E-state index contributed by atoms with van der Waals surface area (Å²) in [6.07, 6.45) is 0. The van der Waals surface area contributed by atoms with Gasteiger partial charge in [0.15, 0.2) is 13.2 Å². The maximum Gasteiger partial charge on any atom is 0.277 e. The zero-order valence-corrected chi connectivity index (χ0v) is 16.5. The molecule has 0 aliphatic rings. The van der Waals surface area contributed by atoms with Crippen LogP contribution in [0.2, 0.25) is 0 Å². The van der Waals surface area contributed by atoms with E-state index in [1.807, 2.05) is 6.07 Å². The molecular weight excluding hydrogens is 372 g/mol. The van der Waals surface area contributed by atoms with Crippen molar-refractivity contribution in [2.45, 2.75) is 6.92 Å². The Kier molecular flexibility index (Phi) is 7.74. The molecule has 2 rings (SSSR count). The van der Waals surface area contributed by atoms with Crippen LogP contribution in [-0.4, -0.2) is 49.7 Å². The smallest absolute Gasteiger partial charge is 0.277 e. The number of rotatable bonds is 8. The molecule has 0 aliphatic carbocycles. The van der Waals surface area contributed by atoms with Gasteiger partial charge in [-0.05, 0) is 48.9 Å². The van der Waals surface area contributed by atoms with Gasteiger partial charge in [0, 0.05) is 14.1 Å². The minimum atomic E-state index is -0.445. The second-order valence-corrected chi connectivity index (χ2v) is 6.23. The average Bonchev–Trinajstić information content (AvgIpc) is 2.74. The van der Waals surface area contributed by atoms with Crippen LogP contribution in [0, 0.1) is 11.3 Å². The Morgan fingerprint density at radius 1 is 1.07 bits per heavy atom. The average molecular weight is 394 g/mol. The lowest BCUT2D eigenvalue weighted by atomic mass is 10.1. The van der Waals surface area contributed by atoms with Gasteiger partial charge in [-0.25, -0.2) is 5.43 Å². The highest BCUT2D eigenvalue weighted by atomic mass is 16.5. The number of benzene rings is 2. The van der Waals surface area contributed by atoms with Crippen molar-refractivity contribution < 1.29 is 19.1 Å². The van der Waals surface area contributed by atoms with Crippen LogP contribution in [0.1, 0.15) is 18.1 Å². The number of carbonyl (C=O) groups excluding carboxylic acids is 2. The van der Waals surface area contributed by atoms with Crippen LogP contribution in [0.15, 0.2) is 53.6 Å². The molecule has 1 N–H and O–H groups in total. The predicted molar refractivity (Wildman–Crippen MR) is 108 cm³/mol. The summed E-state index contributed by atoms with van der Waals surface area (Å²) in [6.45, 7) is 1.45. The SMILES string of the molecule is C/C(=N\NC(=O)COc1ccccc1C#N)c1ccc(OCC(=O)N(C)C)cc1. The molecule has 150 valence electrons. The van der Waals surface area contributed by atoms with Crippen LogP contribution in [0.3, 0.4) is 0 Å². The molecule has 0 aromatic heterocycles. The zero-order valence-electron chi connectivity index (χ0n) is 16.5. The van der Waals surface area contributed by atoms with E-state index < -0.39 is 5.91 Å². The standard InChI is InChI=1S/C21H22N4O4/c1-15(16-8-10-18(11-9-16)28-14-21(27)25(2)3)23-24-20(26)13-29-19-7-5-4-6-17(19)12-22/h4-11H,13-14H2,1-3H3,(H,24,26)/b23-15+. The van der Waals surface area contributed by atoms with Crippen molar-refractivity contribution in [2.24, 2.45) is 5.10 Å².